The Morgan fingerprint density at radius 1 is 1.05 bits per heavy atom. The van der Waals surface area contributed by atoms with Crippen molar-refractivity contribution in [2.75, 3.05) is 0 Å². The molecule has 1 N–H and O–H groups in total. The van der Waals surface area contributed by atoms with E-state index in [4.69, 9.17) is 0 Å². The van der Waals surface area contributed by atoms with Crippen molar-refractivity contribution in [3.8, 4) is 0 Å². The van der Waals surface area contributed by atoms with Crippen LogP contribution >= 0.6 is 11.8 Å². The van der Waals surface area contributed by atoms with Crippen LogP contribution in [0.2, 0.25) is 0 Å². The summed E-state index contributed by atoms with van der Waals surface area (Å²) in [7, 11) is 0. The zero-order valence-corrected chi connectivity index (χ0v) is 10.8. The van der Waals surface area contributed by atoms with Crippen LogP contribution in [0.5, 0.6) is 0 Å². The minimum absolute atomic E-state index is 0.868. The Bertz CT molecular complexity index is 862. The summed E-state index contributed by atoms with van der Waals surface area (Å²) in [6.45, 7) is 0. The molecule has 0 atom stereocenters. The zero-order valence-electron chi connectivity index (χ0n) is 9.95. The summed E-state index contributed by atoms with van der Waals surface area (Å²) in [6.07, 6.45) is 5.53. The maximum absolute atomic E-state index is 4.29. The van der Waals surface area contributed by atoms with Crippen LogP contribution in [-0.4, -0.2) is 19.6 Å². The Morgan fingerprint density at radius 2 is 2.05 bits per heavy atom. The third kappa shape index (κ3) is 1.79. The number of hydrogen-bond acceptors (Lipinski definition) is 3. The van der Waals surface area contributed by atoms with Crippen molar-refractivity contribution in [3.05, 3.63) is 55.0 Å². The first kappa shape index (κ1) is 10.6. The summed E-state index contributed by atoms with van der Waals surface area (Å²) >= 11 is 1.69. The highest BCUT2D eigenvalue weighted by molar-refractivity contribution is 7.99. The number of nitrogens with zero attached hydrogens (tertiary/aromatic N) is 3. The molecular weight excluding hydrogens is 256 g/mol. The second-order valence-corrected chi connectivity index (χ2v) is 5.31. The molecule has 0 amide bonds. The molecular formula is C14H10N4S. The van der Waals surface area contributed by atoms with Gasteiger partial charge in [-0.25, -0.2) is 9.50 Å². The number of aromatic amines is 1. The molecule has 0 spiro atoms. The monoisotopic (exact) mass is 266 g/mol. The van der Waals surface area contributed by atoms with E-state index in [-0.39, 0.29) is 0 Å². The van der Waals surface area contributed by atoms with Crippen molar-refractivity contribution in [2.45, 2.75) is 9.92 Å². The van der Waals surface area contributed by atoms with Gasteiger partial charge in [-0.05, 0) is 30.3 Å². The minimum atomic E-state index is 0.868. The van der Waals surface area contributed by atoms with Crippen LogP contribution in [-0.2, 0) is 0 Å². The molecule has 0 saturated carbocycles. The molecule has 0 saturated heterocycles. The van der Waals surface area contributed by atoms with Crippen LogP contribution in [0.25, 0.3) is 16.6 Å². The molecule has 0 aliphatic heterocycles. The Kier molecular flexibility index (Phi) is 2.31. The smallest absolute Gasteiger partial charge is 0.156 e. The van der Waals surface area contributed by atoms with Gasteiger partial charge in [0, 0.05) is 34.3 Å². The molecule has 3 aromatic heterocycles. The van der Waals surface area contributed by atoms with E-state index in [1.54, 1.807) is 18.0 Å². The summed E-state index contributed by atoms with van der Waals surface area (Å²) < 4.78 is 1.85. The van der Waals surface area contributed by atoms with Crippen LogP contribution < -0.4 is 0 Å². The maximum atomic E-state index is 4.29. The predicted octanol–water partition coefficient (Wildman–Crippen LogP) is 3.36. The van der Waals surface area contributed by atoms with E-state index in [1.807, 2.05) is 29.0 Å². The number of rotatable bonds is 2. The quantitative estimate of drug-likeness (QED) is 0.566. The van der Waals surface area contributed by atoms with E-state index in [0.29, 0.717) is 0 Å². The lowest BCUT2D eigenvalue weighted by Crippen LogP contribution is -1.93. The van der Waals surface area contributed by atoms with Crippen molar-refractivity contribution in [1.29, 1.82) is 0 Å². The highest BCUT2D eigenvalue weighted by Crippen LogP contribution is 2.29. The number of fused-ring (bicyclic) bond motifs is 2. The van der Waals surface area contributed by atoms with Gasteiger partial charge in [0.2, 0.25) is 0 Å². The Hall–Kier alpha value is -2.27. The lowest BCUT2D eigenvalue weighted by molar-refractivity contribution is 0.843. The van der Waals surface area contributed by atoms with Gasteiger partial charge in [-0.15, -0.1) is 0 Å². The Morgan fingerprint density at radius 3 is 3.05 bits per heavy atom. The van der Waals surface area contributed by atoms with E-state index in [9.17, 15) is 0 Å². The van der Waals surface area contributed by atoms with E-state index in [2.05, 4.69) is 39.3 Å². The maximum Gasteiger partial charge on any atom is 0.156 e. The molecule has 3 heterocycles. The van der Waals surface area contributed by atoms with Crippen LogP contribution in [0.1, 0.15) is 0 Å². The van der Waals surface area contributed by atoms with Gasteiger partial charge in [-0.2, -0.15) is 5.10 Å². The molecule has 0 fully saturated rings. The van der Waals surface area contributed by atoms with Gasteiger partial charge in [0.25, 0.3) is 0 Å². The normalized spacial score (nSPS) is 11.4. The molecule has 4 nitrogen and oxygen atoms in total. The predicted molar refractivity (Wildman–Crippen MR) is 75.4 cm³/mol. The molecule has 92 valence electrons. The van der Waals surface area contributed by atoms with Gasteiger partial charge in [0.1, 0.15) is 5.03 Å². The summed E-state index contributed by atoms with van der Waals surface area (Å²) in [4.78, 5) is 8.66. The first-order chi connectivity index (χ1) is 9.40. The van der Waals surface area contributed by atoms with Crippen molar-refractivity contribution < 1.29 is 0 Å². The highest BCUT2D eigenvalue weighted by atomic mass is 32.2. The third-order valence-corrected chi connectivity index (χ3v) is 4.01. The van der Waals surface area contributed by atoms with Crippen LogP contribution in [0.15, 0.2) is 64.9 Å². The highest BCUT2D eigenvalue weighted by Gasteiger charge is 2.05. The topological polar surface area (TPSA) is 46.0 Å². The van der Waals surface area contributed by atoms with Crippen LogP contribution in [0.3, 0.4) is 0 Å². The Labute approximate surface area is 113 Å². The molecule has 0 bridgehead atoms. The number of nitrogens with one attached hydrogen (secondary N) is 1. The molecule has 0 unspecified atom stereocenters. The summed E-state index contributed by atoms with van der Waals surface area (Å²) in [5.74, 6) is 0. The van der Waals surface area contributed by atoms with Crippen LogP contribution in [0, 0.1) is 0 Å². The molecule has 0 radical (unpaired) electrons. The zero-order chi connectivity index (χ0) is 12.7. The summed E-state index contributed by atoms with van der Waals surface area (Å²) in [5.41, 5.74) is 2.02. The largest absolute Gasteiger partial charge is 0.361 e. The minimum Gasteiger partial charge on any atom is -0.361 e. The second-order valence-electron chi connectivity index (χ2n) is 4.21. The average Bonchev–Trinajstić information content (AvgIpc) is 3.06. The van der Waals surface area contributed by atoms with Gasteiger partial charge < -0.3 is 4.98 Å². The fourth-order valence-corrected chi connectivity index (χ4v) is 3.02. The molecule has 4 aromatic rings. The molecule has 19 heavy (non-hydrogen) atoms. The fraction of sp³-hybridized carbons (Fsp3) is 0. The molecule has 1 aromatic carbocycles. The van der Waals surface area contributed by atoms with Gasteiger partial charge in [-0.1, -0.05) is 11.8 Å². The standard InChI is InChI=1S/C14H10N4S/c1-2-12-10(3-6-15-12)9-11(1)19-14-5-7-16-13-4-8-17-18(13)14/h1-9,15H. The molecule has 4 rings (SSSR count). The van der Waals surface area contributed by atoms with E-state index >= 15 is 0 Å². The first-order valence-corrected chi connectivity index (χ1v) is 6.75. The molecule has 0 aliphatic rings. The van der Waals surface area contributed by atoms with Crippen molar-refractivity contribution in [2.24, 2.45) is 0 Å². The van der Waals surface area contributed by atoms with Gasteiger partial charge in [0.05, 0.1) is 6.20 Å². The summed E-state index contributed by atoms with van der Waals surface area (Å²) in [5, 5.41) is 6.57. The number of hydrogen-bond donors (Lipinski definition) is 1. The van der Waals surface area contributed by atoms with Gasteiger partial charge in [-0.3, -0.25) is 0 Å². The SMILES string of the molecule is c1cc(Sc2ccc3[nH]ccc3c2)n2nccc2n1. The van der Waals surface area contributed by atoms with E-state index in [0.717, 1.165) is 16.2 Å². The van der Waals surface area contributed by atoms with Gasteiger partial charge >= 0.3 is 0 Å². The molecule has 5 heteroatoms. The third-order valence-electron chi connectivity index (χ3n) is 3.00. The van der Waals surface area contributed by atoms with E-state index < -0.39 is 0 Å². The first-order valence-electron chi connectivity index (χ1n) is 5.94. The fourth-order valence-electron chi connectivity index (χ4n) is 2.10. The van der Waals surface area contributed by atoms with Gasteiger partial charge in [0.15, 0.2) is 5.65 Å². The van der Waals surface area contributed by atoms with Crippen molar-refractivity contribution in [1.82, 2.24) is 19.6 Å². The lowest BCUT2D eigenvalue weighted by atomic mass is 10.2. The molecule has 0 aliphatic carbocycles. The second kappa shape index (κ2) is 4.13. The number of aromatic nitrogens is 4. The number of benzene rings is 1. The van der Waals surface area contributed by atoms with Crippen molar-refractivity contribution in [3.63, 3.8) is 0 Å². The average molecular weight is 266 g/mol. The van der Waals surface area contributed by atoms with E-state index in [1.165, 1.54) is 10.3 Å². The van der Waals surface area contributed by atoms with Crippen LogP contribution in [0.4, 0.5) is 0 Å². The lowest BCUT2D eigenvalue weighted by Gasteiger charge is -2.04. The number of H-pyrrole nitrogens is 1. The summed E-state index contributed by atoms with van der Waals surface area (Å²) in [6, 6.07) is 12.3. The Balaban J connectivity index is 1.79. The van der Waals surface area contributed by atoms with Crippen molar-refractivity contribution >= 4 is 28.3 Å².